The van der Waals surface area contributed by atoms with E-state index in [1.165, 1.54) is 28.9 Å². The van der Waals surface area contributed by atoms with Crippen LogP contribution in [0.25, 0.3) is 0 Å². The van der Waals surface area contributed by atoms with Gasteiger partial charge in [0.2, 0.25) is 5.91 Å². The van der Waals surface area contributed by atoms with Crippen molar-refractivity contribution < 1.29 is 27.6 Å². The average molecular weight is 419 g/mol. The molecule has 9 heteroatoms. The van der Waals surface area contributed by atoms with Gasteiger partial charge in [0, 0.05) is 44.4 Å². The molecule has 2 aromatic rings. The monoisotopic (exact) mass is 419 g/mol. The van der Waals surface area contributed by atoms with Gasteiger partial charge in [-0.15, -0.1) is 0 Å². The minimum atomic E-state index is -4.62. The van der Waals surface area contributed by atoms with E-state index in [0.717, 1.165) is 12.1 Å². The summed E-state index contributed by atoms with van der Waals surface area (Å²) in [5, 5.41) is 2.61. The highest BCUT2D eigenvalue weighted by molar-refractivity contribution is 5.98. The first kappa shape index (κ1) is 21.4. The number of piperazine rings is 1. The summed E-state index contributed by atoms with van der Waals surface area (Å²) in [6.07, 6.45) is -4.62. The zero-order valence-corrected chi connectivity index (χ0v) is 16.2. The van der Waals surface area contributed by atoms with E-state index in [1.54, 1.807) is 24.3 Å². The summed E-state index contributed by atoms with van der Waals surface area (Å²) in [5.74, 6) is -1.24. The van der Waals surface area contributed by atoms with Crippen LogP contribution in [0.3, 0.4) is 0 Å². The van der Waals surface area contributed by atoms with Crippen molar-refractivity contribution in [1.82, 2.24) is 9.80 Å². The Kier molecular flexibility index (Phi) is 6.09. The Hall–Kier alpha value is -3.36. The molecular weight excluding hydrogens is 399 g/mol. The van der Waals surface area contributed by atoms with E-state index >= 15 is 0 Å². The maximum Gasteiger partial charge on any atom is 0.417 e. The fourth-order valence-corrected chi connectivity index (χ4v) is 3.32. The molecule has 0 spiro atoms. The average Bonchev–Trinajstić information content (AvgIpc) is 2.72. The summed E-state index contributed by atoms with van der Waals surface area (Å²) in [5.41, 5.74) is -0.495. The van der Waals surface area contributed by atoms with E-state index in [9.17, 15) is 27.6 Å². The summed E-state index contributed by atoms with van der Waals surface area (Å²) in [6, 6.07) is 11.2. The van der Waals surface area contributed by atoms with Gasteiger partial charge >= 0.3 is 6.18 Å². The summed E-state index contributed by atoms with van der Waals surface area (Å²) in [4.78, 5) is 39.4. The maximum absolute atomic E-state index is 13.2. The number of carbonyl (C=O) groups excluding carboxylic acids is 3. The van der Waals surface area contributed by atoms with Gasteiger partial charge in [0.15, 0.2) is 0 Å². The van der Waals surface area contributed by atoms with Crippen LogP contribution in [0.1, 0.15) is 33.2 Å². The second-order valence-corrected chi connectivity index (χ2v) is 6.89. The Morgan fingerprint density at radius 1 is 0.867 bits per heavy atom. The van der Waals surface area contributed by atoms with Gasteiger partial charge in [0.1, 0.15) is 0 Å². The molecule has 1 saturated heterocycles. The molecule has 6 nitrogen and oxygen atoms in total. The third-order valence-electron chi connectivity index (χ3n) is 4.75. The molecule has 1 N–H and O–H groups in total. The smallest absolute Gasteiger partial charge is 0.335 e. The first-order valence-corrected chi connectivity index (χ1v) is 9.29. The second kappa shape index (κ2) is 8.56. The zero-order chi connectivity index (χ0) is 21.9. The lowest BCUT2D eigenvalue weighted by Crippen LogP contribution is -2.50. The lowest BCUT2D eigenvalue weighted by molar-refractivity contribution is -0.138. The Bertz CT molecular complexity index is 967. The van der Waals surface area contributed by atoms with Crippen LogP contribution in [-0.2, 0) is 11.0 Å². The Labute approximate surface area is 171 Å². The van der Waals surface area contributed by atoms with E-state index in [0.29, 0.717) is 11.3 Å². The lowest BCUT2D eigenvalue weighted by atomic mass is 10.1. The van der Waals surface area contributed by atoms with Gasteiger partial charge in [-0.2, -0.15) is 13.2 Å². The molecule has 2 aromatic carbocycles. The number of anilines is 1. The molecule has 0 radical (unpaired) electrons. The molecule has 1 fully saturated rings. The third kappa shape index (κ3) is 4.79. The fourth-order valence-electron chi connectivity index (χ4n) is 3.32. The number of carbonyl (C=O) groups is 3. The number of nitrogens with one attached hydrogen (secondary N) is 1. The van der Waals surface area contributed by atoms with Crippen LogP contribution >= 0.6 is 0 Å². The van der Waals surface area contributed by atoms with Gasteiger partial charge < -0.3 is 15.1 Å². The first-order valence-electron chi connectivity index (χ1n) is 9.29. The van der Waals surface area contributed by atoms with E-state index in [2.05, 4.69) is 5.32 Å². The number of hydrogen-bond donors (Lipinski definition) is 1. The molecule has 158 valence electrons. The molecule has 1 heterocycles. The van der Waals surface area contributed by atoms with Crippen LogP contribution < -0.4 is 5.32 Å². The summed E-state index contributed by atoms with van der Waals surface area (Å²) >= 11 is 0. The van der Waals surface area contributed by atoms with Gasteiger partial charge in [-0.25, -0.2) is 0 Å². The maximum atomic E-state index is 13.2. The van der Waals surface area contributed by atoms with Crippen molar-refractivity contribution in [3.63, 3.8) is 0 Å². The van der Waals surface area contributed by atoms with Crippen LogP contribution in [0, 0.1) is 0 Å². The van der Waals surface area contributed by atoms with Gasteiger partial charge in [-0.1, -0.05) is 18.2 Å². The lowest BCUT2D eigenvalue weighted by Gasteiger charge is -2.35. The molecule has 3 rings (SSSR count). The number of benzene rings is 2. The molecule has 0 saturated carbocycles. The number of alkyl halides is 3. The van der Waals surface area contributed by atoms with Crippen molar-refractivity contribution in [3.8, 4) is 0 Å². The number of halogens is 3. The quantitative estimate of drug-likeness (QED) is 0.830. The largest absolute Gasteiger partial charge is 0.417 e. The molecule has 0 unspecified atom stereocenters. The topological polar surface area (TPSA) is 69.7 Å². The van der Waals surface area contributed by atoms with E-state index in [1.807, 2.05) is 0 Å². The van der Waals surface area contributed by atoms with Gasteiger partial charge in [-0.3, -0.25) is 14.4 Å². The highest BCUT2D eigenvalue weighted by Gasteiger charge is 2.36. The van der Waals surface area contributed by atoms with Crippen molar-refractivity contribution in [1.29, 1.82) is 0 Å². The Balaban J connectivity index is 1.67. The highest BCUT2D eigenvalue weighted by atomic mass is 19.4. The van der Waals surface area contributed by atoms with Gasteiger partial charge in [0.05, 0.1) is 11.1 Å². The SMILES string of the molecule is CC(=O)Nc1cccc(C(=O)N2CCN(C(=O)c3ccccc3C(F)(F)F)CC2)c1. The minimum Gasteiger partial charge on any atom is -0.335 e. The first-order chi connectivity index (χ1) is 14.2. The number of hydrogen-bond acceptors (Lipinski definition) is 3. The van der Waals surface area contributed by atoms with Gasteiger partial charge in [-0.05, 0) is 30.3 Å². The second-order valence-electron chi connectivity index (χ2n) is 6.89. The van der Waals surface area contributed by atoms with Crippen LogP contribution in [0.4, 0.5) is 18.9 Å². The van der Waals surface area contributed by atoms with Crippen LogP contribution in [0.5, 0.6) is 0 Å². The molecule has 3 amide bonds. The van der Waals surface area contributed by atoms with Crippen molar-refractivity contribution in [2.24, 2.45) is 0 Å². The summed E-state index contributed by atoms with van der Waals surface area (Å²) < 4.78 is 39.6. The van der Waals surface area contributed by atoms with Crippen LogP contribution in [0.15, 0.2) is 48.5 Å². The molecule has 0 bridgehead atoms. The normalized spacial score (nSPS) is 14.4. The Morgan fingerprint density at radius 3 is 2.07 bits per heavy atom. The molecule has 1 aliphatic rings. The molecule has 0 atom stereocenters. The minimum absolute atomic E-state index is 0.127. The van der Waals surface area contributed by atoms with Crippen LogP contribution in [0.2, 0.25) is 0 Å². The summed E-state index contributed by atoms with van der Waals surface area (Å²) in [7, 11) is 0. The van der Waals surface area contributed by atoms with Crippen molar-refractivity contribution in [3.05, 3.63) is 65.2 Å². The Morgan fingerprint density at radius 2 is 1.47 bits per heavy atom. The standard InChI is InChI=1S/C21H20F3N3O3/c1-14(28)25-16-6-4-5-15(13-16)19(29)26-9-11-27(12-10-26)20(30)17-7-2-3-8-18(17)21(22,23)24/h2-8,13H,9-12H2,1H3,(H,25,28). The fraction of sp³-hybridized carbons (Fsp3) is 0.286. The molecule has 1 aliphatic heterocycles. The predicted molar refractivity (Wildman–Crippen MR) is 104 cm³/mol. The number of amides is 3. The molecule has 0 aliphatic carbocycles. The number of nitrogens with zero attached hydrogens (tertiary/aromatic N) is 2. The predicted octanol–water partition coefficient (Wildman–Crippen LogP) is 3.26. The van der Waals surface area contributed by atoms with E-state index in [-0.39, 0.29) is 38.0 Å². The van der Waals surface area contributed by atoms with E-state index < -0.39 is 23.2 Å². The molecule has 0 aromatic heterocycles. The highest BCUT2D eigenvalue weighted by Crippen LogP contribution is 2.32. The van der Waals surface area contributed by atoms with Gasteiger partial charge in [0.25, 0.3) is 11.8 Å². The zero-order valence-electron chi connectivity index (χ0n) is 16.2. The van der Waals surface area contributed by atoms with Crippen molar-refractivity contribution in [2.45, 2.75) is 13.1 Å². The van der Waals surface area contributed by atoms with Crippen LogP contribution in [-0.4, -0.2) is 53.7 Å². The third-order valence-corrected chi connectivity index (χ3v) is 4.75. The molecular formula is C21H20F3N3O3. The van der Waals surface area contributed by atoms with E-state index in [4.69, 9.17) is 0 Å². The summed E-state index contributed by atoms with van der Waals surface area (Å²) in [6.45, 7) is 2.01. The number of rotatable bonds is 3. The van der Waals surface area contributed by atoms with Crippen molar-refractivity contribution >= 4 is 23.4 Å². The van der Waals surface area contributed by atoms with Crippen molar-refractivity contribution in [2.75, 3.05) is 31.5 Å². The molecule has 30 heavy (non-hydrogen) atoms.